The molecule has 1 aliphatic rings. The van der Waals surface area contributed by atoms with E-state index in [9.17, 15) is 9.18 Å². The summed E-state index contributed by atoms with van der Waals surface area (Å²) < 4.78 is 13.9. The Morgan fingerprint density at radius 2 is 2.25 bits per heavy atom. The van der Waals surface area contributed by atoms with E-state index in [-0.39, 0.29) is 23.6 Å². The Morgan fingerprint density at radius 1 is 1.50 bits per heavy atom. The van der Waals surface area contributed by atoms with E-state index in [1.807, 2.05) is 6.92 Å². The third-order valence-corrected chi connectivity index (χ3v) is 3.56. The van der Waals surface area contributed by atoms with Crippen LogP contribution in [0.25, 0.3) is 0 Å². The quantitative estimate of drug-likeness (QED) is 0.831. The highest BCUT2D eigenvalue weighted by molar-refractivity contribution is 5.95. The third kappa shape index (κ3) is 3.37. The molecule has 0 heterocycles. The van der Waals surface area contributed by atoms with Crippen molar-refractivity contribution in [2.24, 2.45) is 0 Å². The number of carbonyl (C=O) groups excluding carboxylic acids is 1. The minimum Gasteiger partial charge on any atom is -0.395 e. The lowest BCUT2D eigenvalue weighted by Gasteiger charge is -2.39. The van der Waals surface area contributed by atoms with Crippen LogP contribution in [0.2, 0.25) is 0 Å². The van der Waals surface area contributed by atoms with Gasteiger partial charge in [-0.25, -0.2) is 4.39 Å². The molecule has 0 radical (unpaired) electrons. The van der Waals surface area contributed by atoms with Crippen LogP contribution in [0.1, 0.15) is 48.5 Å². The second-order valence-corrected chi connectivity index (χ2v) is 5.34. The van der Waals surface area contributed by atoms with Gasteiger partial charge >= 0.3 is 0 Å². The summed E-state index contributed by atoms with van der Waals surface area (Å²) in [5.74, 6) is 4.51. The number of carbonyl (C=O) groups is 1. The van der Waals surface area contributed by atoms with Gasteiger partial charge in [-0.05, 0) is 44.4 Å². The number of hydrogen-bond acceptors (Lipinski definition) is 2. The van der Waals surface area contributed by atoms with Crippen molar-refractivity contribution in [2.75, 3.05) is 6.61 Å². The van der Waals surface area contributed by atoms with E-state index < -0.39 is 5.82 Å². The molecule has 4 heteroatoms. The maximum Gasteiger partial charge on any atom is 0.254 e. The zero-order valence-electron chi connectivity index (χ0n) is 11.5. The number of amides is 1. The zero-order valence-corrected chi connectivity index (χ0v) is 11.5. The Bertz CT molecular complexity index is 568. The van der Waals surface area contributed by atoms with Crippen LogP contribution in [0.15, 0.2) is 18.2 Å². The van der Waals surface area contributed by atoms with Gasteiger partial charge in [0.05, 0.1) is 12.2 Å². The van der Waals surface area contributed by atoms with E-state index >= 15 is 0 Å². The molecule has 1 fully saturated rings. The van der Waals surface area contributed by atoms with Gasteiger partial charge < -0.3 is 10.4 Å². The second kappa shape index (κ2) is 6.06. The molecule has 20 heavy (non-hydrogen) atoms. The van der Waals surface area contributed by atoms with Crippen molar-refractivity contribution in [3.63, 3.8) is 0 Å². The Morgan fingerprint density at radius 3 is 2.80 bits per heavy atom. The molecule has 0 bridgehead atoms. The number of halogens is 1. The maximum absolute atomic E-state index is 13.9. The van der Waals surface area contributed by atoms with Crippen LogP contribution in [0.3, 0.4) is 0 Å². The average Bonchev–Trinajstić information content (AvgIpc) is 2.37. The maximum atomic E-state index is 13.9. The van der Waals surface area contributed by atoms with Crippen molar-refractivity contribution in [3.8, 4) is 11.8 Å². The molecule has 0 saturated heterocycles. The first kappa shape index (κ1) is 14.5. The first-order valence-corrected chi connectivity index (χ1v) is 6.76. The smallest absolute Gasteiger partial charge is 0.254 e. The van der Waals surface area contributed by atoms with Crippen LogP contribution in [0.4, 0.5) is 4.39 Å². The first-order chi connectivity index (χ1) is 9.54. The van der Waals surface area contributed by atoms with Crippen LogP contribution in [0.5, 0.6) is 0 Å². The van der Waals surface area contributed by atoms with E-state index in [2.05, 4.69) is 17.2 Å². The van der Waals surface area contributed by atoms with Gasteiger partial charge in [0, 0.05) is 17.5 Å². The molecule has 106 valence electrons. The monoisotopic (exact) mass is 275 g/mol. The fourth-order valence-corrected chi connectivity index (χ4v) is 2.17. The Labute approximate surface area is 118 Å². The van der Waals surface area contributed by atoms with Crippen molar-refractivity contribution in [3.05, 3.63) is 35.1 Å². The standard InChI is InChI=1S/C16H18FNO2/c1-16(8-4-9-16)18-15(20)13-7-6-12(11-14(13)17)5-2-3-10-19/h6-7,11,19H,3-4,8-10H2,1H3,(H,18,20). The number of hydrogen-bond donors (Lipinski definition) is 2. The summed E-state index contributed by atoms with van der Waals surface area (Å²) in [6, 6.07) is 4.32. The molecule has 0 aliphatic heterocycles. The van der Waals surface area contributed by atoms with Gasteiger partial charge in [0.15, 0.2) is 0 Å². The molecule has 0 atom stereocenters. The summed E-state index contributed by atoms with van der Waals surface area (Å²) in [6.07, 6.45) is 3.32. The summed E-state index contributed by atoms with van der Waals surface area (Å²) in [7, 11) is 0. The normalized spacial score (nSPS) is 15.8. The van der Waals surface area contributed by atoms with Gasteiger partial charge in [-0.1, -0.05) is 11.8 Å². The van der Waals surface area contributed by atoms with Gasteiger partial charge in [-0.2, -0.15) is 0 Å². The highest BCUT2D eigenvalue weighted by atomic mass is 19.1. The molecule has 1 saturated carbocycles. The molecule has 1 aromatic rings. The number of nitrogens with one attached hydrogen (secondary N) is 1. The van der Waals surface area contributed by atoms with E-state index in [0.29, 0.717) is 12.0 Å². The molecule has 0 spiro atoms. The summed E-state index contributed by atoms with van der Waals surface area (Å²) in [4.78, 5) is 12.0. The first-order valence-electron chi connectivity index (χ1n) is 6.76. The third-order valence-electron chi connectivity index (χ3n) is 3.56. The highest BCUT2D eigenvalue weighted by Crippen LogP contribution is 2.31. The van der Waals surface area contributed by atoms with Crippen LogP contribution >= 0.6 is 0 Å². The number of rotatable bonds is 3. The Hall–Kier alpha value is -1.86. The minimum absolute atomic E-state index is 0.0193. The van der Waals surface area contributed by atoms with E-state index in [1.165, 1.54) is 12.1 Å². The lowest BCUT2D eigenvalue weighted by Crippen LogP contribution is -2.51. The van der Waals surface area contributed by atoms with Gasteiger partial charge in [0.25, 0.3) is 5.91 Å². The van der Waals surface area contributed by atoms with Crippen LogP contribution in [-0.2, 0) is 0 Å². The number of benzene rings is 1. The van der Waals surface area contributed by atoms with Gasteiger partial charge in [0.2, 0.25) is 0 Å². The fourth-order valence-electron chi connectivity index (χ4n) is 2.17. The summed E-state index contributed by atoms with van der Waals surface area (Å²) in [5.41, 5.74) is 0.358. The van der Waals surface area contributed by atoms with E-state index in [4.69, 9.17) is 5.11 Å². The largest absolute Gasteiger partial charge is 0.395 e. The summed E-state index contributed by atoms with van der Waals surface area (Å²) in [6.45, 7) is 1.95. The highest BCUT2D eigenvalue weighted by Gasteiger charge is 2.33. The topological polar surface area (TPSA) is 49.3 Å². The molecule has 0 aromatic heterocycles. The molecule has 0 unspecified atom stereocenters. The SMILES string of the molecule is CC1(NC(=O)c2ccc(C#CCCO)cc2F)CCC1. The molecule has 2 N–H and O–H groups in total. The molecule has 1 aliphatic carbocycles. The molecule has 1 aromatic carbocycles. The van der Waals surface area contributed by atoms with Crippen molar-refractivity contribution < 1.29 is 14.3 Å². The summed E-state index contributed by atoms with van der Waals surface area (Å²) >= 11 is 0. The average molecular weight is 275 g/mol. The predicted octanol–water partition coefficient (Wildman–Crippen LogP) is 2.23. The van der Waals surface area contributed by atoms with Crippen LogP contribution in [-0.4, -0.2) is 23.2 Å². The summed E-state index contributed by atoms with van der Waals surface area (Å²) in [5, 5.41) is 11.5. The predicted molar refractivity (Wildman–Crippen MR) is 74.7 cm³/mol. The number of aliphatic hydroxyl groups is 1. The van der Waals surface area contributed by atoms with Crippen molar-refractivity contribution in [1.29, 1.82) is 0 Å². The van der Waals surface area contributed by atoms with E-state index in [0.717, 1.165) is 19.3 Å². The molecule has 3 nitrogen and oxygen atoms in total. The van der Waals surface area contributed by atoms with E-state index in [1.54, 1.807) is 6.07 Å². The molecular weight excluding hydrogens is 257 g/mol. The van der Waals surface area contributed by atoms with Crippen LogP contribution in [0, 0.1) is 17.7 Å². The fraction of sp³-hybridized carbons (Fsp3) is 0.438. The zero-order chi connectivity index (χ0) is 14.6. The van der Waals surface area contributed by atoms with Gasteiger partial charge in [-0.3, -0.25) is 4.79 Å². The second-order valence-electron chi connectivity index (χ2n) is 5.34. The van der Waals surface area contributed by atoms with Crippen molar-refractivity contribution in [2.45, 2.75) is 38.1 Å². The van der Waals surface area contributed by atoms with Crippen molar-refractivity contribution in [1.82, 2.24) is 5.32 Å². The van der Waals surface area contributed by atoms with Crippen molar-refractivity contribution >= 4 is 5.91 Å². The lowest BCUT2D eigenvalue weighted by molar-refractivity contribution is 0.0846. The van der Waals surface area contributed by atoms with Gasteiger partial charge in [-0.15, -0.1) is 0 Å². The van der Waals surface area contributed by atoms with Crippen LogP contribution < -0.4 is 5.32 Å². The minimum atomic E-state index is -0.568. The molecular formula is C16H18FNO2. The molecule has 2 rings (SSSR count). The molecule has 1 amide bonds. The number of aliphatic hydroxyl groups excluding tert-OH is 1. The Kier molecular flexibility index (Phi) is 4.41. The van der Waals surface area contributed by atoms with Gasteiger partial charge in [0.1, 0.15) is 5.82 Å². The lowest BCUT2D eigenvalue weighted by atomic mass is 9.78. The Balaban J connectivity index is 2.09.